The summed E-state index contributed by atoms with van der Waals surface area (Å²) >= 11 is 0. The van der Waals surface area contributed by atoms with Crippen molar-refractivity contribution in [2.24, 2.45) is 0 Å². The van der Waals surface area contributed by atoms with Gasteiger partial charge in [-0.15, -0.1) is 0 Å². The predicted molar refractivity (Wildman–Crippen MR) is 80.3 cm³/mol. The van der Waals surface area contributed by atoms with E-state index in [1.807, 2.05) is 16.9 Å². The van der Waals surface area contributed by atoms with Crippen LogP contribution in [-0.4, -0.2) is 27.4 Å². The highest BCUT2D eigenvalue weighted by atomic mass is 15.3. The molecule has 1 N–H and O–H groups in total. The number of nitrogens with zero attached hydrogens (tertiary/aromatic N) is 3. The topological polar surface area (TPSA) is 42.7 Å². The van der Waals surface area contributed by atoms with Crippen molar-refractivity contribution in [2.75, 3.05) is 6.54 Å². The SMILES string of the molecule is Cc1ccnc(-n2nc(C)c(CCNC3CC3)c2C)c1. The van der Waals surface area contributed by atoms with Crippen LogP contribution in [0.25, 0.3) is 5.82 Å². The minimum atomic E-state index is 0.768. The Morgan fingerprint density at radius 2 is 2.10 bits per heavy atom. The van der Waals surface area contributed by atoms with E-state index in [2.05, 4.69) is 42.2 Å². The lowest BCUT2D eigenvalue weighted by molar-refractivity contribution is 0.679. The first-order chi connectivity index (χ1) is 9.65. The van der Waals surface area contributed by atoms with Crippen LogP contribution in [0.3, 0.4) is 0 Å². The molecular weight excluding hydrogens is 248 g/mol. The Balaban J connectivity index is 1.81. The molecule has 1 saturated carbocycles. The summed E-state index contributed by atoms with van der Waals surface area (Å²) in [5.41, 5.74) is 4.88. The molecule has 0 amide bonds. The van der Waals surface area contributed by atoms with Crippen LogP contribution in [-0.2, 0) is 6.42 Å². The number of aromatic nitrogens is 3. The van der Waals surface area contributed by atoms with Crippen LogP contribution in [0.15, 0.2) is 18.3 Å². The summed E-state index contributed by atoms with van der Waals surface area (Å²) in [6.07, 6.45) is 5.56. The second-order valence-electron chi connectivity index (χ2n) is 5.73. The second-order valence-corrected chi connectivity index (χ2v) is 5.73. The Labute approximate surface area is 120 Å². The molecule has 0 aromatic carbocycles. The van der Waals surface area contributed by atoms with Crippen molar-refractivity contribution in [3.05, 3.63) is 40.8 Å². The minimum Gasteiger partial charge on any atom is -0.314 e. The summed E-state index contributed by atoms with van der Waals surface area (Å²) in [6, 6.07) is 4.85. The number of aryl methyl sites for hydroxylation is 2. The third-order valence-corrected chi connectivity index (χ3v) is 3.94. The highest BCUT2D eigenvalue weighted by molar-refractivity contribution is 5.34. The first-order valence-corrected chi connectivity index (χ1v) is 7.36. The molecule has 0 aliphatic heterocycles. The van der Waals surface area contributed by atoms with Gasteiger partial charge >= 0.3 is 0 Å². The third-order valence-electron chi connectivity index (χ3n) is 3.94. The fourth-order valence-corrected chi connectivity index (χ4v) is 2.58. The van der Waals surface area contributed by atoms with Gasteiger partial charge < -0.3 is 5.32 Å². The third kappa shape index (κ3) is 2.75. The number of pyridine rings is 1. The maximum absolute atomic E-state index is 4.66. The standard InChI is InChI=1S/C16H22N4/c1-11-6-8-18-16(10-11)20-13(3)15(12(2)19-20)7-9-17-14-4-5-14/h6,8,10,14,17H,4-5,7,9H2,1-3H3. The van der Waals surface area contributed by atoms with Crippen LogP contribution in [0.1, 0.15) is 35.4 Å². The molecule has 0 unspecified atom stereocenters. The van der Waals surface area contributed by atoms with Gasteiger partial charge in [0, 0.05) is 17.9 Å². The molecule has 0 spiro atoms. The zero-order valence-corrected chi connectivity index (χ0v) is 12.5. The van der Waals surface area contributed by atoms with E-state index in [0.29, 0.717) is 0 Å². The fourth-order valence-electron chi connectivity index (χ4n) is 2.58. The average molecular weight is 270 g/mol. The maximum atomic E-state index is 4.66. The monoisotopic (exact) mass is 270 g/mol. The lowest BCUT2D eigenvalue weighted by atomic mass is 10.1. The highest BCUT2D eigenvalue weighted by Gasteiger charge is 2.20. The Morgan fingerprint density at radius 3 is 2.80 bits per heavy atom. The molecule has 20 heavy (non-hydrogen) atoms. The number of rotatable bonds is 5. The highest BCUT2D eigenvalue weighted by Crippen LogP contribution is 2.20. The zero-order chi connectivity index (χ0) is 14.1. The summed E-state index contributed by atoms with van der Waals surface area (Å²) in [7, 11) is 0. The number of hydrogen-bond acceptors (Lipinski definition) is 3. The molecule has 0 saturated heterocycles. The van der Waals surface area contributed by atoms with Gasteiger partial charge in [-0.05, 0) is 69.8 Å². The van der Waals surface area contributed by atoms with E-state index in [-0.39, 0.29) is 0 Å². The molecule has 0 radical (unpaired) electrons. The lowest BCUT2D eigenvalue weighted by Gasteiger charge is -2.06. The zero-order valence-electron chi connectivity index (χ0n) is 12.5. The van der Waals surface area contributed by atoms with Crippen molar-refractivity contribution >= 4 is 0 Å². The Bertz CT molecular complexity index is 611. The van der Waals surface area contributed by atoms with E-state index in [9.17, 15) is 0 Å². The van der Waals surface area contributed by atoms with Crippen molar-refractivity contribution in [2.45, 2.75) is 46.1 Å². The smallest absolute Gasteiger partial charge is 0.153 e. The summed E-state index contributed by atoms with van der Waals surface area (Å²) in [4.78, 5) is 4.43. The summed E-state index contributed by atoms with van der Waals surface area (Å²) in [6.45, 7) is 7.35. The molecule has 0 bridgehead atoms. The lowest BCUT2D eigenvalue weighted by Crippen LogP contribution is -2.19. The predicted octanol–water partition coefficient (Wildman–Crippen LogP) is 2.49. The normalized spacial score (nSPS) is 14.8. The van der Waals surface area contributed by atoms with E-state index in [1.54, 1.807) is 0 Å². The van der Waals surface area contributed by atoms with Gasteiger partial charge in [-0.2, -0.15) is 5.10 Å². The van der Waals surface area contributed by atoms with Crippen LogP contribution in [0.5, 0.6) is 0 Å². The molecule has 4 heteroatoms. The molecule has 1 aliphatic rings. The van der Waals surface area contributed by atoms with Crippen LogP contribution >= 0.6 is 0 Å². The average Bonchev–Trinajstić information content (AvgIpc) is 3.19. The van der Waals surface area contributed by atoms with Gasteiger partial charge in [0.1, 0.15) is 0 Å². The molecule has 0 atom stereocenters. The fraction of sp³-hybridized carbons (Fsp3) is 0.500. The molecule has 2 heterocycles. The Kier molecular flexibility index (Phi) is 3.57. The van der Waals surface area contributed by atoms with Crippen LogP contribution < -0.4 is 5.32 Å². The van der Waals surface area contributed by atoms with Gasteiger partial charge in [-0.1, -0.05) is 0 Å². The van der Waals surface area contributed by atoms with E-state index in [4.69, 9.17) is 0 Å². The summed E-state index contributed by atoms with van der Waals surface area (Å²) in [5, 5.41) is 8.23. The van der Waals surface area contributed by atoms with Gasteiger partial charge in [0.2, 0.25) is 0 Å². The molecule has 106 valence electrons. The van der Waals surface area contributed by atoms with Crippen LogP contribution in [0, 0.1) is 20.8 Å². The maximum Gasteiger partial charge on any atom is 0.153 e. The van der Waals surface area contributed by atoms with Crippen LogP contribution in [0.2, 0.25) is 0 Å². The van der Waals surface area contributed by atoms with Gasteiger partial charge in [-0.25, -0.2) is 9.67 Å². The van der Waals surface area contributed by atoms with E-state index >= 15 is 0 Å². The van der Waals surface area contributed by atoms with E-state index in [0.717, 1.165) is 30.5 Å². The van der Waals surface area contributed by atoms with Gasteiger partial charge in [0.05, 0.1) is 5.69 Å². The molecule has 2 aromatic heterocycles. The van der Waals surface area contributed by atoms with Gasteiger partial charge in [0.15, 0.2) is 5.82 Å². The quantitative estimate of drug-likeness (QED) is 0.907. The second kappa shape index (κ2) is 5.37. The summed E-state index contributed by atoms with van der Waals surface area (Å²) < 4.78 is 1.97. The molecule has 1 aliphatic carbocycles. The molecule has 1 fully saturated rings. The number of hydrogen-bond donors (Lipinski definition) is 1. The largest absolute Gasteiger partial charge is 0.314 e. The molecule has 2 aromatic rings. The van der Waals surface area contributed by atoms with Gasteiger partial charge in [-0.3, -0.25) is 0 Å². The van der Waals surface area contributed by atoms with Crippen molar-refractivity contribution in [3.63, 3.8) is 0 Å². The van der Waals surface area contributed by atoms with Crippen molar-refractivity contribution in [1.29, 1.82) is 0 Å². The van der Waals surface area contributed by atoms with Crippen molar-refractivity contribution in [1.82, 2.24) is 20.1 Å². The molecule has 4 nitrogen and oxygen atoms in total. The molecule has 3 rings (SSSR count). The van der Waals surface area contributed by atoms with Gasteiger partial charge in [0.25, 0.3) is 0 Å². The Hall–Kier alpha value is -1.68. The van der Waals surface area contributed by atoms with Crippen molar-refractivity contribution in [3.8, 4) is 5.82 Å². The summed E-state index contributed by atoms with van der Waals surface area (Å²) in [5.74, 6) is 0.909. The first kappa shape index (κ1) is 13.3. The van der Waals surface area contributed by atoms with Crippen LogP contribution in [0.4, 0.5) is 0 Å². The van der Waals surface area contributed by atoms with E-state index in [1.165, 1.54) is 29.7 Å². The van der Waals surface area contributed by atoms with E-state index < -0.39 is 0 Å². The first-order valence-electron chi connectivity index (χ1n) is 7.36. The number of nitrogens with one attached hydrogen (secondary N) is 1. The minimum absolute atomic E-state index is 0.768. The Morgan fingerprint density at radius 1 is 1.30 bits per heavy atom. The molecular formula is C16H22N4. The van der Waals surface area contributed by atoms with Crippen molar-refractivity contribution < 1.29 is 0 Å².